The highest BCUT2D eigenvalue weighted by Gasteiger charge is 2.18. The summed E-state index contributed by atoms with van der Waals surface area (Å²) in [6, 6.07) is 18.1. The zero-order valence-electron chi connectivity index (χ0n) is 16.5. The molecule has 5 aromatic rings. The predicted octanol–water partition coefficient (Wildman–Crippen LogP) is 5.14. The molecule has 0 aliphatic carbocycles. The molecule has 3 heterocycles. The highest BCUT2D eigenvalue weighted by atomic mass is 19.1. The van der Waals surface area contributed by atoms with Crippen molar-refractivity contribution in [1.29, 1.82) is 0 Å². The Labute approximate surface area is 173 Å². The zero-order chi connectivity index (χ0) is 20.7. The lowest BCUT2D eigenvalue weighted by atomic mass is 10.1. The van der Waals surface area contributed by atoms with Gasteiger partial charge in [0.2, 0.25) is 5.78 Å². The predicted molar refractivity (Wildman–Crippen MR) is 116 cm³/mol. The lowest BCUT2D eigenvalue weighted by Crippen LogP contribution is -2.12. The zero-order valence-corrected chi connectivity index (χ0v) is 16.5. The summed E-state index contributed by atoms with van der Waals surface area (Å²) in [6.45, 7) is 0.607. The molecule has 148 valence electrons. The molecule has 4 nitrogen and oxygen atoms in total. The number of hydrogen-bond acceptors (Lipinski definition) is 2. The van der Waals surface area contributed by atoms with Gasteiger partial charge in [0, 0.05) is 59.6 Å². The van der Waals surface area contributed by atoms with Crippen molar-refractivity contribution >= 4 is 27.6 Å². The average Bonchev–Trinajstić information content (AvgIpc) is 3.32. The molecule has 3 aromatic heterocycles. The van der Waals surface area contributed by atoms with Gasteiger partial charge in [0.05, 0.1) is 5.69 Å². The van der Waals surface area contributed by atoms with Crippen LogP contribution >= 0.6 is 0 Å². The molecule has 0 aliphatic rings. The standard InChI is InChI=1S/C25H20FN3O/c1-28-11-9-18-13-19(4-6-22(18)28)25(30)24-15-20-14-21(26)5-7-23(20)29(24)12-8-17-3-2-10-27-16-17/h2-7,9-11,13-16H,8,12H2,1H3. The van der Waals surface area contributed by atoms with Crippen molar-refractivity contribution in [2.45, 2.75) is 13.0 Å². The van der Waals surface area contributed by atoms with E-state index >= 15 is 0 Å². The maximum Gasteiger partial charge on any atom is 0.209 e. The molecular formula is C25H20FN3O. The normalized spacial score (nSPS) is 11.4. The van der Waals surface area contributed by atoms with Crippen LogP contribution in [-0.4, -0.2) is 19.9 Å². The number of fused-ring (bicyclic) bond motifs is 2. The van der Waals surface area contributed by atoms with Crippen LogP contribution in [0, 0.1) is 5.82 Å². The fourth-order valence-corrected chi connectivity index (χ4v) is 4.03. The summed E-state index contributed by atoms with van der Waals surface area (Å²) < 4.78 is 17.8. The third kappa shape index (κ3) is 3.18. The first-order chi connectivity index (χ1) is 14.6. The van der Waals surface area contributed by atoms with Gasteiger partial charge in [-0.05, 0) is 66.6 Å². The first-order valence-corrected chi connectivity index (χ1v) is 9.87. The molecule has 5 heteroatoms. The third-order valence-corrected chi connectivity index (χ3v) is 5.59. The Morgan fingerprint density at radius 3 is 2.70 bits per heavy atom. The Bertz CT molecular complexity index is 1380. The van der Waals surface area contributed by atoms with Crippen molar-refractivity contribution in [3.63, 3.8) is 0 Å². The number of hydrogen-bond donors (Lipinski definition) is 0. The van der Waals surface area contributed by atoms with Gasteiger partial charge in [-0.15, -0.1) is 0 Å². The van der Waals surface area contributed by atoms with Gasteiger partial charge < -0.3 is 9.13 Å². The summed E-state index contributed by atoms with van der Waals surface area (Å²) in [6.07, 6.45) is 6.28. The number of carbonyl (C=O) groups is 1. The van der Waals surface area contributed by atoms with Crippen molar-refractivity contribution in [3.05, 3.63) is 102 Å². The van der Waals surface area contributed by atoms with E-state index < -0.39 is 0 Å². The van der Waals surface area contributed by atoms with Crippen LogP contribution in [0.4, 0.5) is 4.39 Å². The van der Waals surface area contributed by atoms with Crippen molar-refractivity contribution in [3.8, 4) is 0 Å². The topological polar surface area (TPSA) is 39.8 Å². The van der Waals surface area contributed by atoms with Gasteiger partial charge in [0.15, 0.2) is 0 Å². The van der Waals surface area contributed by atoms with E-state index in [2.05, 4.69) is 4.98 Å². The minimum atomic E-state index is -0.309. The molecule has 0 fully saturated rings. The number of aryl methyl sites for hydroxylation is 3. The molecule has 0 atom stereocenters. The molecule has 0 radical (unpaired) electrons. The Morgan fingerprint density at radius 1 is 1.00 bits per heavy atom. The second kappa shape index (κ2) is 7.26. The molecule has 0 N–H and O–H groups in total. The van der Waals surface area contributed by atoms with E-state index in [1.165, 1.54) is 12.1 Å². The van der Waals surface area contributed by atoms with Gasteiger partial charge in [-0.3, -0.25) is 9.78 Å². The van der Waals surface area contributed by atoms with Gasteiger partial charge >= 0.3 is 0 Å². The summed E-state index contributed by atoms with van der Waals surface area (Å²) in [4.78, 5) is 17.6. The lowest BCUT2D eigenvalue weighted by molar-refractivity contribution is 0.103. The Kier molecular flexibility index (Phi) is 4.43. The lowest BCUT2D eigenvalue weighted by Gasteiger charge is -2.11. The van der Waals surface area contributed by atoms with E-state index in [-0.39, 0.29) is 11.6 Å². The van der Waals surface area contributed by atoms with E-state index in [4.69, 9.17) is 0 Å². The van der Waals surface area contributed by atoms with Crippen LogP contribution in [0.25, 0.3) is 21.8 Å². The second-order valence-electron chi connectivity index (χ2n) is 7.52. The minimum absolute atomic E-state index is 0.0662. The minimum Gasteiger partial charge on any atom is -0.351 e. The smallest absolute Gasteiger partial charge is 0.209 e. The summed E-state index contributed by atoms with van der Waals surface area (Å²) in [5.74, 6) is -0.375. The molecule has 0 amide bonds. The Balaban J connectivity index is 1.58. The number of benzene rings is 2. The third-order valence-electron chi connectivity index (χ3n) is 5.59. The molecule has 0 saturated heterocycles. The van der Waals surface area contributed by atoms with Crippen LogP contribution < -0.4 is 0 Å². The van der Waals surface area contributed by atoms with E-state index in [0.29, 0.717) is 17.8 Å². The van der Waals surface area contributed by atoms with Gasteiger partial charge in [-0.1, -0.05) is 6.07 Å². The number of nitrogens with zero attached hydrogens (tertiary/aromatic N) is 3. The van der Waals surface area contributed by atoms with Gasteiger partial charge in [-0.25, -0.2) is 4.39 Å². The van der Waals surface area contributed by atoms with E-state index in [1.807, 2.05) is 65.0 Å². The molecule has 2 aromatic carbocycles. The fraction of sp³-hybridized carbons (Fsp3) is 0.120. The quantitative estimate of drug-likeness (QED) is 0.385. The van der Waals surface area contributed by atoms with Gasteiger partial charge in [0.25, 0.3) is 0 Å². The first-order valence-electron chi connectivity index (χ1n) is 9.87. The van der Waals surface area contributed by atoms with Gasteiger partial charge in [-0.2, -0.15) is 0 Å². The maximum absolute atomic E-state index is 13.8. The SMILES string of the molecule is Cn1ccc2cc(C(=O)c3cc4cc(F)ccc4n3CCc3cccnc3)ccc21. The van der Waals surface area contributed by atoms with Crippen LogP contribution in [0.1, 0.15) is 21.6 Å². The van der Waals surface area contributed by atoms with Crippen molar-refractivity contribution in [2.24, 2.45) is 7.05 Å². The van der Waals surface area contributed by atoms with E-state index in [1.54, 1.807) is 18.3 Å². The maximum atomic E-state index is 13.8. The van der Waals surface area contributed by atoms with Crippen LogP contribution in [0.2, 0.25) is 0 Å². The molecule has 0 aliphatic heterocycles. The summed E-state index contributed by atoms with van der Waals surface area (Å²) in [7, 11) is 1.98. The Hall–Kier alpha value is -3.73. The van der Waals surface area contributed by atoms with Crippen molar-refractivity contribution in [2.75, 3.05) is 0 Å². The molecule has 0 saturated carbocycles. The average molecular weight is 397 g/mol. The second-order valence-corrected chi connectivity index (χ2v) is 7.52. The van der Waals surface area contributed by atoms with Crippen LogP contribution in [0.5, 0.6) is 0 Å². The number of aromatic nitrogens is 3. The van der Waals surface area contributed by atoms with Crippen molar-refractivity contribution in [1.82, 2.24) is 14.1 Å². The Morgan fingerprint density at radius 2 is 1.87 bits per heavy atom. The van der Waals surface area contributed by atoms with Crippen LogP contribution in [0.15, 0.2) is 79.3 Å². The molecule has 30 heavy (non-hydrogen) atoms. The number of halogens is 1. The van der Waals surface area contributed by atoms with Gasteiger partial charge in [0.1, 0.15) is 5.82 Å². The monoisotopic (exact) mass is 397 g/mol. The number of ketones is 1. The number of pyridine rings is 1. The van der Waals surface area contributed by atoms with E-state index in [9.17, 15) is 9.18 Å². The summed E-state index contributed by atoms with van der Waals surface area (Å²) in [5.41, 5.74) is 4.20. The molecule has 0 bridgehead atoms. The molecule has 0 unspecified atom stereocenters. The number of rotatable bonds is 5. The highest BCUT2D eigenvalue weighted by molar-refractivity contribution is 6.11. The molecule has 0 spiro atoms. The number of carbonyl (C=O) groups excluding carboxylic acids is 1. The molecular weight excluding hydrogens is 377 g/mol. The molecule has 5 rings (SSSR count). The first kappa shape index (κ1) is 18.3. The van der Waals surface area contributed by atoms with Crippen LogP contribution in [0.3, 0.4) is 0 Å². The van der Waals surface area contributed by atoms with Crippen LogP contribution in [-0.2, 0) is 20.0 Å². The van der Waals surface area contributed by atoms with Crippen molar-refractivity contribution < 1.29 is 9.18 Å². The fourth-order valence-electron chi connectivity index (χ4n) is 4.03. The van der Waals surface area contributed by atoms with E-state index in [0.717, 1.165) is 33.8 Å². The summed E-state index contributed by atoms with van der Waals surface area (Å²) >= 11 is 0. The summed E-state index contributed by atoms with van der Waals surface area (Å²) in [5, 5.41) is 1.75. The largest absolute Gasteiger partial charge is 0.351 e. The highest BCUT2D eigenvalue weighted by Crippen LogP contribution is 2.25.